The van der Waals surface area contributed by atoms with Gasteiger partial charge < -0.3 is 14.9 Å². The summed E-state index contributed by atoms with van der Waals surface area (Å²) >= 11 is 0. The molecule has 0 aromatic heterocycles. The fourth-order valence-electron chi connectivity index (χ4n) is 1.24. The molecule has 64 valence electrons. The second-order valence-corrected chi connectivity index (χ2v) is 3.10. The number of ether oxygens (including phenoxy) is 1. The molecule has 0 radical (unpaired) electrons. The lowest BCUT2D eigenvalue weighted by molar-refractivity contribution is -0.157. The Morgan fingerprint density at radius 1 is 1.82 bits per heavy atom. The molecule has 0 aromatic carbocycles. The van der Waals surface area contributed by atoms with Gasteiger partial charge >= 0.3 is 5.97 Å². The summed E-state index contributed by atoms with van der Waals surface area (Å²) in [6, 6.07) is 0. The highest BCUT2D eigenvalue weighted by Crippen LogP contribution is 2.29. The van der Waals surface area contributed by atoms with Crippen LogP contribution in [0.15, 0.2) is 0 Å². The minimum absolute atomic E-state index is 0.00285. The van der Waals surface area contributed by atoms with Gasteiger partial charge in [-0.2, -0.15) is 0 Å². The van der Waals surface area contributed by atoms with Gasteiger partial charge in [0.05, 0.1) is 6.61 Å². The Bertz CT molecular complexity index is 168. The van der Waals surface area contributed by atoms with Crippen LogP contribution in [-0.2, 0) is 9.53 Å². The average molecular weight is 160 g/mol. The molecule has 1 heterocycles. The first-order valence-corrected chi connectivity index (χ1v) is 3.57. The van der Waals surface area contributed by atoms with E-state index in [1.165, 1.54) is 6.92 Å². The van der Waals surface area contributed by atoms with Crippen LogP contribution in [0.25, 0.3) is 0 Å². The largest absolute Gasteiger partial charge is 0.479 e. The summed E-state index contributed by atoms with van der Waals surface area (Å²) in [5.41, 5.74) is -1.08. The second kappa shape index (κ2) is 2.79. The van der Waals surface area contributed by atoms with Gasteiger partial charge in [-0.15, -0.1) is 0 Å². The Kier molecular flexibility index (Phi) is 2.15. The van der Waals surface area contributed by atoms with E-state index in [4.69, 9.17) is 14.9 Å². The zero-order valence-electron chi connectivity index (χ0n) is 6.41. The number of carboxylic acids is 1. The van der Waals surface area contributed by atoms with Gasteiger partial charge in [0.25, 0.3) is 0 Å². The lowest BCUT2D eigenvalue weighted by Gasteiger charge is -2.16. The van der Waals surface area contributed by atoms with E-state index in [1.54, 1.807) is 0 Å². The first-order valence-electron chi connectivity index (χ1n) is 3.57. The molecule has 1 saturated heterocycles. The van der Waals surface area contributed by atoms with Crippen LogP contribution in [0.1, 0.15) is 13.3 Å². The van der Waals surface area contributed by atoms with Crippen LogP contribution in [0, 0.1) is 5.92 Å². The molecule has 4 heteroatoms. The van der Waals surface area contributed by atoms with Gasteiger partial charge in [-0.05, 0) is 13.3 Å². The van der Waals surface area contributed by atoms with Gasteiger partial charge in [0, 0.05) is 12.5 Å². The third kappa shape index (κ3) is 1.52. The van der Waals surface area contributed by atoms with Gasteiger partial charge in [0.15, 0.2) is 5.60 Å². The molecule has 2 N–H and O–H groups in total. The van der Waals surface area contributed by atoms with Crippen molar-refractivity contribution in [3.63, 3.8) is 0 Å². The van der Waals surface area contributed by atoms with Crippen molar-refractivity contribution in [1.29, 1.82) is 0 Å². The molecule has 0 aromatic rings. The predicted molar refractivity (Wildman–Crippen MR) is 37.2 cm³/mol. The van der Waals surface area contributed by atoms with E-state index < -0.39 is 11.6 Å². The van der Waals surface area contributed by atoms with Crippen LogP contribution >= 0.6 is 0 Å². The third-order valence-corrected chi connectivity index (χ3v) is 2.03. The maximum atomic E-state index is 10.6. The summed E-state index contributed by atoms with van der Waals surface area (Å²) in [6.07, 6.45) is 0.402. The van der Waals surface area contributed by atoms with Crippen molar-refractivity contribution in [2.75, 3.05) is 13.2 Å². The summed E-state index contributed by atoms with van der Waals surface area (Å²) in [7, 11) is 0. The summed E-state index contributed by atoms with van der Waals surface area (Å²) in [5, 5.41) is 17.4. The Morgan fingerprint density at radius 3 is 2.73 bits per heavy atom. The summed E-state index contributed by atoms with van der Waals surface area (Å²) < 4.78 is 5.05. The average Bonchev–Trinajstić information content (AvgIpc) is 2.33. The molecule has 0 aliphatic carbocycles. The predicted octanol–water partition coefficient (Wildman–Crippen LogP) is -0.142. The van der Waals surface area contributed by atoms with Crippen LogP contribution < -0.4 is 0 Å². The third-order valence-electron chi connectivity index (χ3n) is 2.03. The van der Waals surface area contributed by atoms with Crippen molar-refractivity contribution >= 4 is 5.97 Å². The number of aliphatic hydroxyl groups is 1. The van der Waals surface area contributed by atoms with E-state index >= 15 is 0 Å². The van der Waals surface area contributed by atoms with Gasteiger partial charge in [-0.1, -0.05) is 0 Å². The number of hydrogen-bond donors (Lipinski definition) is 2. The minimum Gasteiger partial charge on any atom is -0.479 e. The van der Waals surface area contributed by atoms with Gasteiger partial charge in [0.1, 0.15) is 0 Å². The van der Waals surface area contributed by atoms with Gasteiger partial charge in [0.2, 0.25) is 0 Å². The smallest absolute Gasteiger partial charge is 0.335 e. The number of aliphatic hydroxyl groups excluding tert-OH is 1. The molecule has 2 atom stereocenters. The van der Waals surface area contributed by atoms with Gasteiger partial charge in [-0.3, -0.25) is 0 Å². The number of carboxylic acid groups (broad SMARTS) is 1. The summed E-state index contributed by atoms with van der Waals surface area (Å²) in [4.78, 5) is 10.6. The number of aliphatic carboxylic acids is 1. The van der Waals surface area contributed by atoms with E-state index in [1.807, 2.05) is 0 Å². The molecular formula is C7H12O4. The standard InChI is InChI=1S/C7H12O4/c1-7(6(9)10)2-5(3-8)4-11-7/h5,8H,2-4H2,1H3,(H,9,10). The lowest BCUT2D eigenvalue weighted by atomic mass is 9.97. The Morgan fingerprint density at radius 2 is 2.45 bits per heavy atom. The first kappa shape index (κ1) is 8.49. The van der Waals surface area contributed by atoms with E-state index in [0.29, 0.717) is 13.0 Å². The summed E-state index contributed by atoms with van der Waals surface area (Å²) in [5.74, 6) is -0.968. The highest BCUT2D eigenvalue weighted by atomic mass is 16.5. The van der Waals surface area contributed by atoms with Crippen molar-refractivity contribution in [3.05, 3.63) is 0 Å². The number of rotatable bonds is 2. The fraction of sp³-hybridized carbons (Fsp3) is 0.857. The maximum Gasteiger partial charge on any atom is 0.335 e. The van der Waals surface area contributed by atoms with Crippen molar-refractivity contribution in [3.8, 4) is 0 Å². The molecule has 0 amide bonds. The Labute approximate surface area is 64.8 Å². The van der Waals surface area contributed by atoms with Gasteiger partial charge in [-0.25, -0.2) is 4.79 Å². The normalized spacial score (nSPS) is 37.5. The zero-order valence-corrected chi connectivity index (χ0v) is 6.41. The maximum absolute atomic E-state index is 10.6. The van der Waals surface area contributed by atoms with Crippen molar-refractivity contribution in [1.82, 2.24) is 0 Å². The van der Waals surface area contributed by atoms with Crippen molar-refractivity contribution in [2.45, 2.75) is 18.9 Å². The quantitative estimate of drug-likeness (QED) is 0.590. The number of carbonyl (C=O) groups is 1. The highest BCUT2D eigenvalue weighted by Gasteiger charge is 2.42. The monoisotopic (exact) mass is 160 g/mol. The molecule has 0 bridgehead atoms. The highest BCUT2D eigenvalue weighted by molar-refractivity contribution is 5.77. The van der Waals surface area contributed by atoms with Crippen LogP contribution in [0.4, 0.5) is 0 Å². The SMILES string of the molecule is CC1(C(=O)O)CC(CO)CO1. The molecule has 1 aliphatic heterocycles. The fourth-order valence-corrected chi connectivity index (χ4v) is 1.24. The van der Waals surface area contributed by atoms with Crippen LogP contribution in [-0.4, -0.2) is 35.0 Å². The molecule has 1 fully saturated rings. The molecule has 4 nitrogen and oxygen atoms in total. The first-order chi connectivity index (χ1) is 5.08. The van der Waals surface area contributed by atoms with Crippen LogP contribution in [0.2, 0.25) is 0 Å². The van der Waals surface area contributed by atoms with Crippen molar-refractivity contribution in [2.24, 2.45) is 5.92 Å². The lowest BCUT2D eigenvalue weighted by Crippen LogP contribution is -2.34. The van der Waals surface area contributed by atoms with Crippen LogP contribution in [0.5, 0.6) is 0 Å². The van der Waals surface area contributed by atoms with E-state index in [0.717, 1.165) is 0 Å². The summed E-state index contributed by atoms with van der Waals surface area (Å²) in [6.45, 7) is 1.88. The molecule has 2 unspecified atom stereocenters. The molecule has 1 aliphatic rings. The van der Waals surface area contributed by atoms with E-state index in [2.05, 4.69) is 0 Å². The molecule has 0 spiro atoms. The van der Waals surface area contributed by atoms with Crippen molar-refractivity contribution < 1.29 is 19.7 Å². The Hall–Kier alpha value is -0.610. The molecule has 11 heavy (non-hydrogen) atoms. The zero-order chi connectivity index (χ0) is 8.48. The van der Waals surface area contributed by atoms with E-state index in [-0.39, 0.29) is 12.5 Å². The molecule has 0 saturated carbocycles. The Balaban J connectivity index is 2.57. The second-order valence-electron chi connectivity index (χ2n) is 3.10. The minimum atomic E-state index is -1.08. The molecular weight excluding hydrogens is 148 g/mol. The van der Waals surface area contributed by atoms with Crippen LogP contribution in [0.3, 0.4) is 0 Å². The molecule has 1 rings (SSSR count). The van der Waals surface area contributed by atoms with E-state index in [9.17, 15) is 4.79 Å². The number of hydrogen-bond acceptors (Lipinski definition) is 3. The topological polar surface area (TPSA) is 66.8 Å².